The van der Waals surface area contributed by atoms with Crippen LogP contribution < -0.4 is 9.47 Å². The van der Waals surface area contributed by atoms with E-state index >= 15 is 0 Å². The second-order valence-corrected chi connectivity index (χ2v) is 6.65. The maximum Gasteiger partial charge on any atom is 0.180 e. The van der Waals surface area contributed by atoms with Crippen LogP contribution in [0.2, 0.25) is 0 Å². The first-order valence-corrected chi connectivity index (χ1v) is 9.29. The first-order valence-electron chi connectivity index (χ1n) is 9.29. The van der Waals surface area contributed by atoms with Crippen LogP contribution in [0.5, 0.6) is 11.5 Å². The van der Waals surface area contributed by atoms with Crippen LogP contribution in [0.1, 0.15) is 22.3 Å². The molecule has 1 aliphatic rings. The highest BCUT2D eigenvalue weighted by molar-refractivity contribution is 5.55. The molecule has 0 N–H and O–H groups in total. The van der Waals surface area contributed by atoms with Crippen LogP contribution >= 0.6 is 0 Å². The first kappa shape index (κ1) is 18.2. The van der Waals surface area contributed by atoms with Gasteiger partial charge in [-0.2, -0.15) is 0 Å². The van der Waals surface area contributed by atoms with Gasteiger partial charge in [0, 0.05) is 22.8 Å². The van der Waals surface area contributed by atoms with Crippen molar-refractivity contribution in [1.82, 2.24) is 0 Å². The van der Waals surface area contributed by atoms with E-state index < -0.39 is 5.60 Å². The third-order valence-corrected chi connectivity index (χ3v) is 5.00. The van der Waals surface area contributed by atoms with Crippen LogP contribution in [-0.4, -0.2) is 20.8 Å². The lowest BCUT2D eigenvalue weighted by atomic mass is 9.81. The molecule has 3 aromatic carbocycles. The van der Waals surface area contributed by atoms with Crippen LogP contribution in [0, 0.1) is 11.8 Å². The van der Waals surface area contributed by atoms with E-state index in [1.807, 2.05) is 54.6 Å². The molecule has 0 saturated heterocycles. The predicted octanol–water partition coefficient (Wildman–Crippen LogP) is 4.57. The van der Waals surface area contributed by atoms with Crippen LogP contribution in [-0.2, 0) is 16.8 Å². The van der Waals surface area contributed by atoms with E-state index in [1.54, 1.807) is 14.2 Å². The molecule has 1 aliphatic heterocycles. The van der Waals surface area contributed by atoms with Gasteiger partial charge in [-0.3, -0.25) is 0 Å². The van der Waals surface area contributed by atoms with Gasteiger partial charge in [0.1, 0.15) is 11.5 Å². The molecular weight excluding hydrogens is 348 g/mol. The minimum atomic E-state index is -0.882. The Morgan fingerprint density at radius 3 is 2.25 bits per heavy atom. The predicted molar refractivity (Wildman–Crippen MR) is 110 cm³/mol. The number of fused-ring (bicyclic) bond motifs is 1. The number of rotatable bonds is 3. The quantitative estimate of drug-likeness (QED) is 0.632. The van der Waals surface area contributed by atoms with Gasteiger partial charge >= 0.3 is 0 Å². The molecule has 1 heterocycles. The fourth-order valence-electron chi connectivity index (χ4n) is 3.58. The number of hydrogen-bond donors (Lipinski definition) is 0. The summed E-state index contributed by atoms with van der Waals surface area (Å²) in [7, 11) is 3.30. The molecule has 0 aromatic heterocycles. The fraction of sp³-hybridized carbons (Fsp3) is 0.200. The van der Waals surface area contributed by atoms with E-state index in [0.29, 0.717) is 18.1 Å². The van der Waals surface area contributed by atoms with E-state index in [2.05, 4.69) is 30.0 Å². The smallest absolute Gasteiger partial charge is 0.180 e. The van der Waals surface area contributed by atoms with E-state index in [9.17, 15) is 0 Å². The van der Waals surface area contributed by atoms with Gasteiger partial charge in [0.25, 0.3) is 0 Å². The SMILES string of the molecule is COc1cc(OC)cc([C@]2(C#Cc3ccccc3)OCCc3ccccc32)c1. The van der Waals surface area contributed by atoms with Gasteiger partial charge in [-0.25, -0.2) is 0 Å². The summed E-state index contributed by atoms with van der Waals surface area (Å²) in [6, 6.07) is 24.1. The maximum absolute atomic E-state index is 6.41. The third kappa shape index (κ3) is 3.35. The van der Waals surface area contributed by atoms with E-state index in [-0.39, 0.29) is 0 Å². The van der Waals surface area contributed by atoms with E-state index in [4.69, 9.17) is 14.2 Å². The average Bonchev–Trinajstić information content (AvgIpc) is 2.78. The molecule has 0 bridgehead atoms. The van der Waals surface area contributed by atoms with Gasteiger partial charge in [-0.15, -0.1) is 0 Å². The number of ether oxygens (including phenoxy) is 3. The summed E-state index contributed by atoms with van der Waals surface area (Å²) in [5.74, 6) is 8.18. The van der Waals surface area contributed by atoms with Gasteiger partial charge in [0.05, 0.1) is 20.8 Å². The van der Waals surface area contributed by atoms with Gasteiger partial charge in [0.15, 0.2) is 5.60 Å². The number of benzene rings is 3. The standard InChI is InChI=1S/C25H22O3/c1-26-22-16-21(17-23(18-22)27-2)25(14-12-19-8-4-3-5-9-19)24-11-7-6-10-20(24)13-15-28-25/h3-11,16-18H,13,15H2,1-2H3/t25-/m0/s1. The van der Waals surface area contributed by atoms with Crippen molar-refractivity contribution >= 4 is 0 Å². The topological polar surface area (TPSA) is 27.7 Å². The summed E-state index contributed by atoms with van der Waals surface area (Å²) >= 11 is 0. The molecule has 1 atom stereocenters. The molecule has 140 valence electrons. The Morgan fingerprint density at radius 1 is 0.857 bits per heavy atom. The lowest BCUT2D eigenvalue weighted by Crippen LogP contribution is -2.35. The maximum atomic E-state index is 6.41. The van der Waals surface area contributed by atoms with E-state index in [0.717, 1.165) is 23.1 Å². The minimum Gasteiger partial charge on any atom is -0.497 e. The Labute approximate surface area is 165 Å². The highest BCUT2D eigenvalue weighted by atomic mass is 16.5. The second-order valence-electron chi connectivity index (χ2n) is 6.65. The van der Waals surface area contributed by atoms with Crippen molar-refractivity contribution in [3.63, 3.8) is 0 Å². The van der Waals surface area contributed by atoms with E-state index in [1.165, 1.54) is 5.56 Å². The molecule has 3 nitrogen and oxygen atoms in total. The van der Waals surface area contributed by atoms with Crippen LogP contribution in [0.15, 0.2) is 72.8 Å². The minimum absolute atomic E-state index is 0.597. The zero-order chi connectivity index (χ0) is 19.4. The summed E-state index contributed by atoms with van der Waals surface area (Å²) in [5.41, 5.74) is 3.28. The molecule has 0 fully saturated rings. The van der Waals surface area contributed by atoms with Crippen LogP contribution in [0.3, 0.4) is 0 Å². The summed E-state index contributed by atoms with van der Waals surface area (Å²) in [4.78, 5) is 0. The lowest BCUT2D eigenvalue weighted by Gasteiger charge is -2.36. The van der Waals surface area contributed by atoms with Crippen molar-refractivity contribution in [3.8, 4) is 23.3 Å². The van der Waals surface area contributed by atoms with Crippen molar-refractivity contribution in [1.29, 1.82) is 0 Å². The van der Waals surface area contributed by atoms with Gasteiger partial charge in [-0.1, -0.05) is 54.3 Å². The Kier molecular flexibility index (Phi) is 5.06. The number of methoxy groups -OCH3 is 2. The summed E-state index contributed by atoms with van der Waals surface area (Å²) < 4.78 is 17.4. The zero-order valence-corrected chi connectivity index (χ0v) is 16.1. The Balaban J connectivity index is 1.95. The molecule has 28 heavy (non-hydrogen) atoms. The molecule has 0 aliphatic carbocycles. The molecule has 0 saturated carbocycles. The highest BCUT2D eigenvalue weighted by Gasteiger charge is 2.39. The third-order valence-electron chi connectivity index (χ3n) is 5.00. The van der Waals surface area contributed by atoms with Crippen molar-refractivity contribution in [2.75, 3.05) is 20.8 Å². The largest absolute Gasteiger partial charge is 0.497 e. The van der Waals surface area contributed by atoms with Crippen molar-refractivity contribution < 1.29 is 14.2 Å². The Morgan fingerprint density at radius 2 is 1.54 bits per heavy atom. The molecule has 0 spiro atoms. The fourth-order valence-corrected chi connectivity index (χ4v) is 3.58. The Hall–Kier alpha value is -3.22. The lowest BCUT2D eigenvalue weighted by molar-refractivity contribution is 0.0158. The highest BCUT2D eigenvalue weighted by Crippen LogP contribution is 2.41. The molecular formula is C25H22O3. The molecule has 0 radical (unpaired) electrons. The molecule has 0 unspecified atom stereocenters. The van der Waals surface area contributed by atoms with Gasteiger partial charge < -0.3 is 14.2 Å². The van der Waals surface area contributed by atoms with Crippen molar-refractivity contribution in [3.05, 3.63) is 95.1 Å². The number of hydrogen-bond acceptors (Lipinski definition) is 3. The second kappa shape index (κ2) is 7.80. The van der Waals surface area contributed by atoms with Crippen molar-refractivity contribution in [2.24, 2.45) is 0 Å². The van der Waals surface area contributed by atoms with Crippen LogP contribution in [0.25, 0.3) is 0 Å². The molecule has 3 heteroatoms. The monoisotopic (exact) mass is 370 g/mol. The zero-order valence-electron chi connectivity index (χ0n) is 16.1. The summed E-state index contributed by atoms with van der Waals surface area (Å²) in [5, 5.41) is 0. The first-order chi connectivity index (χ1) is 13.7. The average molecular weight is 370 g/mol. The normalized spacial score (nSPS) is 17.8. The molecule has 3 aromatic rings. The van der Waals surface area contributed by atoms with Gasteiger partial charge in [0.2, 0.25) is 0 Å². The Bertz CT molecular complexity index is 1010. The summed E-state index contributed by atoms with van der Waals surface area (Å²) in [6.07, 6.45) is 0.867. The molecule has 0 amide bonds. The summed E-state index contributed by atoms with van der Waals surface area (Å²) in [6.45, 7) is 0.597. The van der Waals surface area contributed by atoms with Crippen molar-refractivity contribution in [2.45, 2.75) is 12.0 Å². The van der Waals surface area contributed by atoms with Gasteiger partial charge in [-0.05, 0) is 36.2 Å². The van der Waals surface area contributed by atoms with Crippen LogP contribution in [0.4, 0.5) is 0 Å². The molecule has 4 rings (SSSR count).